The summed E-state index contributed by atoms with van der Waals surface area (Å²) in [4.78, 5) is 38.3. The summed E-state index contributed by atoms with van der Waals surface area (Å²) in [5.74, 6) is -0.849. The van der Waals surface area contributed by atoms with Gasteiger partial charge in [0.1, 0.15) is 13.2 Å². The Labute approximate surface area is 493 Å². The van der Waals surface area contributed by atoms with E-state index < -0.39 is 6.10 Å². The van der Waals surface area contributed by atoms with Crippen molar-refractivity contribution < 1.29 is 28.6 Å². The number of hydrogen-bond donors (Lipinski definition) is 0. The van der Waals surface area contributed by atoms with E-state index in [1.807, 2.05) is 0 Å². The van der Waals surface area contributed by atoms with E-state index in [1.54, 1.807) is 0 Å². The predicted molar refractivity (Wildman–Crippen MR) is 344 cm³/mol. The third-order valence-corrected chi connectivity index (χ3v) is 16.4. The van der Waals surface area contributed by atoms with Crippen LogP contribution in [0.5, 0.6) is 0 Å². The van der Waals surface area contributed by atoms with Crippen LogP contribution in [0.2, 0.25) is 0 Å². The molecule has 79 heavy (non-hydrogen) atoms. The molecule has 0 aromatic heterocycles. The molecule has 0 spiro atoms. The number of hydrogen-bond acceptors (Lipinski definition) is 6. The Kier molecular flexibility index (Phi) is 66.6. The summed E-state index contributed by atoms with van der Waals surface area (Å²) in [6, 6.07) is 0. The maximum Gasteiger partial charge on any atom is 0.306 e. The van der Waals surface area contributed by atoms with Crippen molar-refractivity contribution in [3.63, 3.8) is 0 Å². The van der Waals surface area contributed by atoms with Crippen LogP contribution in [-0.2, 0) is 28.6 Å². The fourth-order valence-corrected chi connectivity index (χ4v) is 11.0. The number of carbonyl (C=O) groups is 3. The van der Waals surface area contributed by atoms with Gasteiger partial charge < -0.3 is 14.2 Å². The summed E-state index contributed by atoms with van der Waals surface area (Å²) >= 11 is 0. The van der Waals surface area contributed by atoms with Crippen LogP contribution in [-0.4, -0.2) is 37.2 Å². The Morgan fingerprint density at radius 3 is 0.633 bits per heavy atom. The molecule has 0 radical (unpaired) electrons. The molecule has 0 saturated carbocycles. The normalized spacial score (nSPS) is 12.1. The zero-order chi connectivity index (χ0) is 57.1. The monoisotopic (exact) mass is 1110 g/mol. The molecule has 1 unspecified atom stereocenters. The lowest BCUT2D eigenvalue weighted by Gasteiger charge is -2.18. The summed E-state index contributed by atoms with van der Waals surface area (Å²) in [5.41, 5.74) is 0. The Hall–Kier alpha value is -2.11. The molecule has 1 atom stereocenters. The molecule has 0 aliphatic rings. The first-order valence-corrected chi connectivity index (χ1v) is 35.8. The van der Waals surface area contributed by atoms with Gasteiger partial charge in [0.05, 0.1) is 0 Å². The van der Waals surface area contributed by atoms with Crippen molar-refractivity contribution in [3.8, 4) is 0 Å². The Morgan fingerprint density at radius 2 is 0.418 bits per heavy atom. The maximum absolute atomic E-state index is 12.9. The van der Waals surface area contributed by atoms with Crippen molar-refractivity contribution in [1.29, 1.82) is 0 Å². The summed E-state index contributed by atoms with van der Waals surface area (Å²) in [5, 5.41) is 0. The van der Waals surface area contributed by atoms with Gasteiger partial charge in [-0.1, -0.05) is 340 Å². The van der Waals surface area contributed by atoms with Crippen LogP contribution < -0.4 is 0 Å². The predicted octanol–water partition coefficient (Wildman–Crippen LogP) is 24.6. The SMILES string of the molecule is CCCCCCC/C=C\CCCCCCCC(=O)OC(COC(=O)CCCCCCCCCCCCCC)COC(=O)CCCCCCCCCCCCCCCCCCCCCCCCC/C=C\CCCCCCCCCC. The highest BCUT2D eigenvalue weighted by Gasteiger charge is 2.19. The zero-order valence-corrected chi connectivity index (χ0v) is 53.7. The standard InChI is InChI=1S/C73H138O6/c1-4-7-10-13-16-19-22-25-27-28-29-30-31-32-33-34-35-36-37-38-39-40-41-42-43-44-45-46-47-49-51-54-57-60-63-66-72(75)78-69-70(68-77-71(74)65-62-59-56-53-50-24-21-18-15-12-9-6-3)79-73(76)67-64-61-58-55-52-48-26-23-20-17-14-11-8-5-2/h23,26,28-29,70H,4-22,24-25,27,30-69H2,1-3H3/b26-23-,29-28-. The molecule has 0 N–H and O–H groups in total. The molecule has 0 aromatic carbocycles. The van der Waals surface area contributed by atoms with E-state index in [1.165, 1.54) is 302 Å². The largest absolute Gasteiger partial charge is 0.462 e. The van der Waals surface area contributed by atoms with Gasteiger partial charge in [-0.2, -0.15) is 0 Å². The van der Waals surface area contributed by atoms with E-state index >= 15 is 0 Å². The van der Waals surface area contributed by atoms with Gasteiger partial charge in [-0.25, -0.2) is 0 Å². The van der Waals surface area contributed by atoms with E-state index in [2.05, 4.69) is 45.1 Å². The second-order valence-electron chi connectivity index (χ2n) is 24.5. The number of ether oxygens (including phenoxy) is 3. The molecule has 6 heteroatoms. The Balaban J connectivity index is 4.00. The van der Waals surface area contributed by atoms with Crippen LogP contribution in [0.3, 0.4) is 0 Å². The fraction of sp³-hybridized carbons (Fsp3) is 0.904. The number of rotatable bonds is 67. The highest BCUT2D eigenvalue weighted by Crippen LogP contribution is 2.19. The van der Waals surface area contributed by atoms with Crippen molar-refractivity contribution >= 4 is 17.9 Å². The molecule has 0 heterocycles. The minimum absolute atomic E-state index is 0.0682. The van der Waals surface area contributed by atoms with Gasteiger partial charge >= 0.3 is 17.9 Å². The van der Waals surface area contributed by atoms with Crippen molar-refractivity contribution in [3.05, 3.63) is 24.3 Å². The molecular formula is C73H138O6. The molecule has 0 aliphatic carbocycles. The van der Waals surface area contributed by atoms with Gasteiger partial charge in [0.15, 0.2) is 6.10 Å². The van der Waals surface area contributed by atoms with E-state index in [0.29, 0.717) is 19.3 Å². The molecule has 466 valence electrons. The highest BCUT2D eigenvalue weighted by molar-refractivity contribution is 5.71. The highest BCUT2D eigenvalue weighted by atomic mass is 16.6. The first-order chi connectivity index (χ1) is 39.0. The molecule has 0 aliphatic heterocycles. The summed E-state index contributed by atoms with van der Waals surface area (Å²) in [6.07, 6.45) is 83.8. The number of carbonyl (C=O) groups excluding carboxylic acids is 3. The summed E-state index contributed by atoms with van der Waals surface area (Å²) < 4.78 is 16.9. The first-order valence-electron chi connectivity index (χ1n) is 35.8. The van der Waals surface area contributed by atoms with Gasteiger partial charge in [0, 0.05) is 19.3 Å². The molecular weight excluding hydrogens is 973 g/mol. The topological polar surface area (TPSA) is 78.9 Å². The van der Waals surface area contributed by atoms with E-state index in [-0.39, 0.29) is 31.1 Å². The summed E-state index contributed by atoms with van der Waals surface area (Å²) in [6.45, 7) is 6.69. The molecule has 0 bridgehead atoms. The fourth-order valence-electron chi connectivity index (χ4n) is 11.0. The lowest BCUT2D eigenvalue weighted by Crippen LogP contribution is -2.30. The quantitative estimate of drug-likeness (QED) is 0.0261. The van der Waals surface area contributed by atoms with Gasteiger partial charge in [-0.15, -0.1) is 0 Å². The van der Waals surface area contributed by atoms with Crippen LogP contribution in [0.1, 0.15) is 406 Å². The number of unbranched alkanes of at least 4 members (excludes halogenated alkanes) is 52. The second-order valence-corrected chi connectivity index (χ2v) is 24.5. The Morgan fingerprint density at radius 1 is 0.241 bits per heavy atom. The smallest absolute Gasteiger partial charge is 0.306 e. The van der Waals surface area contributed by atoms with Crippen LogP contribution >= 0.6 is 0 Å². The molecule has 0 aromatic rings. The van der Waals surface area contributed by atoms with E-state index in [9.17, 15) is 14.4 Å². The first kappa shape index (κ1) is 76.9. The molecule has 0 saturated heterocycles. The van der Waals surface area contributed by atoms with E-state index in [4.69, 9.17) is 14.2 Å². The minimum Gasteiger partial charge on any atom is -0.462 e. The van der Waals surface area contributed by atoms with Crippen molar-refractivity contribution in [2.24, 2.45) is 0 Å². The van der Waals surface area contributed by atoms with Crippen molar-refractivity contribution in [2.45, 2.75) is 412 Å². The number of esters is 3. The maximum atomic E-state index is 12.9. The second kappa shape index (κ2) is 68.4. The van der Waals surface area contributed by atoms with Gasteiger partial charge in [-0.05, 0) is 70.6 Å². The van der Waals surface area contributed by atoms with Crippen LogP contribution in [0.15, 0.2) is 24.3 Å². The molecule has 6 nitrogen and oxygen atoms in total. The lowest BCUT2D eigenvalue weighted by atomic mass is 10.0. The lowest BCUT2D eigenvalue weighted by molar-refractivity contribution is -0.167. The zero-order valence-electron chi connectivity index (χ0n) is 53.7. The van der Waals surface area contributed by atoms with Crippen molar-refractivity contribution in [1.82, 2.24) is 0 Å². The van der Waals surface area contributed by atoms with Crippen molar-refractivity contribution in [2.75, 3.05) is 13.2 Å². The number of allylic oxidation sites excluding steroid dienone is 4. The van der Waals surface area contributed by atoms with Crippen LogP contribution in [0.4, 0.5) is 0 Å². The average molecular weight is 1110 g/mol. The third-order valence-electron chi connectivity index (χ3n) is 16.4. The summed E-state index contributed by atoms with van der Waals surface area (Å²) in [7, 11) is 0. The molecule has 0 amide bonds. The third kappa shape index (κ3) is 66.6. The Bertz CT molecular complexity index is 1270. The van der Waals surface area contributed by atoms with Gasteiger partial charge in [-0.3, -0.25) is 14.4 Å². The molecule has 0 rings (SSSR count). The van der Waals surface area contributed by atoms with Gasteiger partial charge in [0.25, 0.3) is 0 Å². The van der Waals surface area contributed by atoms with Crippen LogP contribution in [0, 0.1) is 0 Å². The average Bonchev–Trinajstić information content (AvgIpc) is 3.45. The van der Waals surface area contributed by atoms with Crippen LogP contribution in [0.25, 0.3) is 0 Å². The van der Waals surface area contributed by atoms with Gasteiger partial charge in [0.2, 0.25) is 0 Å². The van der Waals surface area contributed by atoms with E-state index in [0.717, 1.165) is 64.2 Å². The minimum atomic E-state index is -0.771. The molecule has 0 fully saturated rings.